The van der Waals surface area contributed by atoms with Crippen molar-refractivity contribution in [3.63, 3.8) is 0 Å². The highest BCUT2D eigenvalue weighted by atomic mass is 16.5. The predicted octanol–water partition coefficient (Wildman–Crippen LogP) is 4.88. The van der Waals surface area contributed by atoms with Gasteiger partial charge in [-0.2, -0.15) is 0 Å². The van der Waals surface area contributed by atoms with Crippen LogP contribution in [0.5, 0.6) is 28.7 Å². The molecule has 0 radical (unpaired) electrons. The van der Waals surface area contributed by atoms with E-state index in [1.54, 1.807) is 31.4 Å². The highest BCUT2D eigenvalue weighted by Crippen LogP contribution is 2.40. The Bertz CT molecular complexity index is 1100. The molecule has 0 saturated carbocycles. The van der Waals surface area contributed by atoms with Gasteiger partial charge < -0.3 is 29.0 Å². The first-order valence-corrected chi connectivity index (χ1v) is 10.4. The van der Waals surface area contributed by atoms with Gasteiger partial charge in [-0.15, -0.1) is 0 Å². The molecule has 0 unspecified atom stereocenters. The van der Waals surface area contributed by atoms with Crippen LogP contribution in [0.3, 0.4) is 0 Å². The number of ether oxygens (including phenoxy) is 5. The van der Waals surface area contributed by atoms with Gasteiger partial charge in [0.05, 0.1) is 35.5 Å². The Balaban J connectivity index is 2.06. The molecule has 7 heteroatoms. The zero-order chi connectivity index (χ0) is 24.0. The molecule has 3 aromatic rings. The van der Waals surface area contributed by atoms with Gasteiger partial charge >= 0.3 is 0 Å². The second kappa shape index (κ2) is 10.6. The van der Waals surface area contributed by atoms with Gasteiger partial charge in [-0.1, -0.05) is 29.8 Å². The Morgan fingerprint density at radius 2 is 1.27 bits per heavy atom. The minimum Gasteiger partial charge on any atom is -0.493 e. The van der Waals surface area contributed by atoms with Crippen molar-refractivity contribution in [3.8, 4) is 28.7 Å². The fraction of sp³-hybridized carbons (Fsp3) is 0.269. The largest absolute Gasteiger partial charge is 0.493 e. The average molecular weight is 452 g/mol. The molecule has 0 amide bonds. The van der Waals surface area contributed by atoms with Crippen LogP contribution in [-0.4, -0.2) is 41.3 Å². The number of nitrogens with one attached hydrogen (secondary N) is 1. The number of benzene rings is 3. The molecule has 0 heterocycles. The number of hydrogen-bond donors (Lipinski definition) is 1. The summed E-state index contributed by atoms with van der Waals surface area (Å²) in [6.45, 7) is 2.57. The summed E-state index contributed by atoms with van der Waals surface area (Å²) in [5.41, 5.74) is 3.70. The minimum absolute atomic E-state index is 0.235. The molecule has 0 bridgehead atoms. The maximum Gasteiger partial charge on any atom is 0.203 e. The van der Waals surface area contributed by atoms with E-state index >= 15 is 0 Å². The van der Waals surface area contributed by atoms with E-state index in [4.69, 9.17) is 23.7 Å². The van der Waals surface area contributed by atoms with E-state index in [-0.39, 0.29) is 5.78 Å². The van der Waals surface area contributed by atoms with E-state index in [9.17, 15) is 4.79 Å². The SMILES string of the molecule is COc1cc(NCc2ccc(C)cc2)c(C(=O)c2cc(OC)c(OC)c(OC)c2)cc1OC. The van der Waals surface area contributed by atoms with Crippen LogP contribution < -0.4 is 29.0 Å². The number of rotatable bonds is 10. The standard InChI is InChI=1S/C26H29NO6/c1-16-7-9-17(10-8-16)15-27-20-14-22(30-3)21(29-2)13-19(20)25(28)18-11-23(31-4)26(33-6)24(12-18)32-5/h7-14,27H,15H2,1-6H3. The molecule has 0 aliphatic rings. The van der Waals surface area contributed by atoms with E-state index < -0.39 is 0 Å². The van der Waals surface area contributed by atoms with Crippen molar-refractivity contribution < 1.29 is 28.5 Å². The van der Waals surface area contributed by atoms with Gasteiger partial charge in [-0.25, -0.2) is 0 Å². The summed E-state index contributed by atoms with van der Waals surface area (Å²) in [6, 6.07) is 14.9. The number of ketones is 1. The van der Waals surface area contributed by atoms with Gasteiger partial charge in [0.15, 0.2) is 28.8 Å². The van der Waals surface area contributed by atoms with Gasteiger partial charge in [0.25, 0.3) is 0 Å². The molecule has 0 spiro atoms. The molecule has 0 saturated heterocycles. The molecular weight excluding hydrogens is 422 g/mol. The minimum atomic E-state index is -0.235. The maximum atomic E-state index is 13.6. The molecule has 7 nitrogen and oxygen atoms in total. The van der Waals surface area contributed by atoms with Gasteiger partial charge in [0.2, 0.25) is 5.75 Å². The zero-order valence-corrected chi connectivity index (χ0v) is 19.8. The lowest BCUT2D eigenvalue weighted by atomic mass is 9.99. The van der Waals surface area contributed by atoms with E-state index in [1.807, 2.05) is 31.2 Å². The smallest absolute Gasteiger partial charge is 0.203 e. The highest BCUT2D eigenvalue weighted by molar-refractivity contribution is 6.13. The quantitative estimate of drug-likeness (QED) is 0.440. The van der Waals surface area contributed by atoms with Crippen molar-refractivity contribution in [1.29, 1.82) is 0 Å². The van der Waals surface area contributed by atoms with Crippen LogP contribution in [0.1, 0.15) is 27.0 Å². The molecule has 3 aromatic carbocycles. The van der Waals surface area contributed by atoms with Crippen molar-refractivity contribution in [2.45, 2.75) is 13.5 Å². The zero-order valence-electron chi connectivity index (χ0n) is 19.8. The Morgan fingerprint density at radius 3 is 1.79 bits per heavy atom. The van der Waals surface area contributed by atoms with Crippen molar-refractivity contribution in [1.82, 2.24) is 0 Å². The van der Waals surface area contributed by atoms with Gasteiger partial charge in [0, 0.05) is 29.4 Å². The van der Waals surface area contributed by atoms with E-state index in [0.717, 1.165) is 5.56 Å². The van der Waals surface area contributed by atoms with Gasteiger partial charge in [-0.05, 0) is 30.7 Å². The Hall–Kier alpha value is -3.87. The molecular formula is C26H29NO6. The first-order chi connectivity index (χ1) is 15.9. The van der Waals surface area contributed by atoms with Crippen LogP contribution in [0.25, 0.3) is 0 Å². The van der Waals surface area contributed by atoms with Crippen LogP contribution in [0.2, 0.25) is 0 Å². The summed E-state index contributed by atoms with van der Waals surface area (Å²) >= 11 is 0. The molecule has 1 N–H and O–H groups in total. The van der Waals surface area contributed by atoms with Gasteiger partial charge in [0.1, 0.15) is 0 Å². The maximum absolute atomic E-state index is 13.6. The third-order valence-corrected chi connectivity index (χ3v) is 5.30. The monoisotopic (exact) mass is 451 g/mol. The molecule has 0 fully saturated rings. The summed E-state index contributed by atoms with van der Waals surface area (Å²) in [6.07, 6.45) is 0. The van der Waals surface area contributed by atoms with Crippen LogP contribution in [0.15, 0.2) is 48.5 Å². The number of hydrogen-bond acceptors (Lipinski definition) is 7. The molecule has 0 atom stereocenters. The first-order valence-electron chi connectivity index (χ1n) is 10.4. The first kappa shape index (κ1) is 23.8. The second-order valence-corrected chi connectivity index (χ2v) is 7.34. The molecule has 33 heavy (non-hydrogen) atoms. The van der Waals surface area contributed by atoms with Crippen molar-refractivity contribution in [3.05, 3.63) is 70.8 Å². The van der Waals surface area contributed by atoms with Crippen molar-refractivity contribution in [2.24, 2.45) is 0 Å². The lowest BCUT2D eigenvalue weighted by Crippen LogP contribution is -2.10. The lowest BCUT2D eigenvalue weighted by Gasteiger charge is -2.17. The Labute approximate surface area is 194 Å². The highest BCUT2D eigenvalue weighted by Gasteiger charge is 2.22. The third kappa shape index (κ3) is 5.14. The molecule has 0 aromatic heterocycles. The van der Waals surface area contributed by atoms with Crippen molar-refractivity contribution >= 4 is 11.5 Å². The average Bonchev–Trinajstić information content (AvgIpc) is 2.86. The topological polar surface area (TPSA) is 75.3 Å². The third-order valence-electron chi connectivity index (χ3n) is 5.30. The Morgan fingerprint density at radius 1 is 0.727 bits per heavy atom. The molecule has 174 valence electrons. The summed E-state index contributed by atoms with van der Waals surface area (Å²) in [5.74, 6) is 1.95. The normalized spacial score (nSPS) is 10.4. The number of aryl methyl sites for hydroxylation is 1. The van der Waals surface area contributed by atoms with E-state index in [1.165, 1.54) is 34.0 Å². The fourth-order valence-corrected chi connectivity index (χ4v) is 3.48. The second-order valence-electron chi connectivity index (χ2n) is 7.34. The Kier molecular flexibility index (Phi) is 7.66. The number of carbonyl (C=O) groups excluding carboxylic acids is 1. The lowest BCUT2D eigenvalue weighted by molar-refractivity contribution is 0.103. The fourth-order valence-electron chi connectivity index (χ4n) is 3.48. The van der Waals surface area contributed by atoms with Crippen LogP contribution in [0.4, 0.5) is 5.69 Å². The van der Waals surface area contributed by atoms with Crippen LogP contribution >= 0.6 is 0 Å². The van der Waals surface area contributed by atoms with E-state index in [2.05, 4.69) is 5.32 Å². The number of anilines is 1. The van der Waals surface area contributed by atoms with E-state index in [0.29, 0.717) is 52.1 Å². The van der Waals surface area contributed by atoms with Gasteiger partial charge in [-0.3, -0.25) is 4.79 Å². The molecule has 0 aliphatic heterocycles. The summed E-state index contributed by atoms with van der Waals surface area (Å²) in [7, 11) is 7.63. The number of methoxy groups -OCH3 is 5. The summed E-state index contributed by atoms with van der Waals surface area (Å²) in [4.78, 5) is 13.6. The molecule has 0 aliphatic carbocycles. The van der Waals surface area contributed by atoms with Crippen molar-refractivity contribution in [2.75, 3.05) is 40.9 Å². The predicted molar refractivity (Wildman–Crippen MR) is 128 cm³/mol. The number of carbonyl (C=O) groups is 1. The summed E-state index contributed by atoms with van der Waals surface area (Å²) < 4.78 is 27.1. The van der Waals surface area contributed by atoms with Crippen LogP contribution in [0, 0.1) is 6.92 Å². The molecule has 3 rings (SSSR count). The summed E-state index contributed by atoms with van der Waals surface area (Å²) in [5, 5.41) is 3.36. The van der Waals surface area contributed by atoms with Crippen LogP contribution in [-0.2, 0) is 6.54 Å².